The lowest BCUT2D eigenvalue weighted by molar-refractivity contribution is 0.0695. The standard InChI is InChI=1S/C24H33N3O3S/c1-8-15-11-16(9-10-17(15)21(28)29)27(13-14(2)3)22-25-19-20(31-22)23(4,5)12-18(26-30)24(19,6)7/h9-11,14,30H,8,12-13H2,1-7H3,(H,28,29)/b26-18-. The number of carboxylic acids is 1. The maximum absolute atomic E-state index is 11.6. The molecule has 3 rings (SSSR count). The lowest BCUT2D eigenvalue weighted by Gasteiger charge is -2.38. The molecule has 0 saturated carbocycles. The van der Waals surface area contributed by atoms with Gasteiger partial charge in [0.1, 0.15) is 0 Å². The highest BCUT2D eigenvalue weighted by Gasteiger charge is 2.45. The van der Waals surface area contributed by atoms with Gasteiger partial charge in [-0.25, -0.2) is 9.78 Å². The minimum atomic E-state index is -0.900. The average molecular weight is 444 g/mol. The molecule has 2 aromatic rings. The van der Waals surface area contributed by atoms with Crippen LogP contribution in [0.3, 0.4) is 0 Å². The number of aromatic carboxylic acids is 1. The highest BCUT2D eigenvalue weighted by atomic mass is 32.1. The summed E-state index contributed by atoms with van der Waals surface area (Å²) in [6.07, 6.45) is 1.33. The zero-order chi connectivity index (χ0) is 23.1. The van der Waals surface area contributed by atoms with Crippen LogP contribution in [-0.4, -0.2) is 33.5 Å². The van der Waals surface area contributed by atoms with Gasteiger partial charge in [-0.2, -0.15) is 0 Å². The molecular weight excluding hydrogens is 410 g/mol. The van der Waals surface area contributed by atoms with E-state index in [0.717, 1.165) is 34.3 Å². The molecule has 0 spiro atoms. The van der Waals surface area contributed by atoms with E-state index in [1.165, 1.54) is 4.88 Å². The number of hydrogen-bond acceptors (Lipinski definition) is 6. The van der Waals surface area contributed by atoms with Crippen molar-refractivity contribution in [2.24, 2.45) is 11.1 Å². The summed E-state index contributed by atoms with van der Waals surface area (Å²) in [6.45, 7) is 15.5. The summed E-state index contributed by atoms with van der Waals surface area (Å²) in [5.41, 5.74) is 3.20. The van der Waals surface area contributed by atoms with Crippen LogP contribution >= 0.6 is 11.3 Å². The van der Waals surface area contributed by atoms with E-state index in [1.54, 1.807) is 17.4 Å². The van der Waals surface area contributed by atoms with E-state index in [1.807, 2.05) is 19.1 Å². The number of carboxylic acid groups (broad SMARTS) is 1. The first-order valence-electron chi connectivity index (χ1n) is 10.8. The second kappa shape index (κ2) is 8.26. The highest BCUT2D eigenvalue weighted by molar-refractivity contribution is 7.16. The molecule has 31 heavy (non-hydrogen) atoms. The SMILES string of the molecule is CCc1cc(N(CC(C)C)c2nc3c(s2)C(C)(C)C/C(=N/O)C3(C)C)ccc1C(=O)O. The van der Waals surface area contributed by atoms with Gasteiger partial charge in [0.2, 0.25) is 0 Å². The molecule has 1 aliphatic rings. The Kier molecular flexibility index (Phi) is 6.20. The van der Waals surface area contributed by atoms with Crippen LogP contribution in [0.4, 0.5) is 10.8 Å². The quantitative estimate of drug-likeness (QED) is 0.423. The van der Waals surface area contributed by atoms with Crippen molar-refractivity contribution >= 4 is 33.8 Å². The molecule has 0 aliphatic heterocycles. The van der Waals surface area contributed by atoms with Gasteiger partial charge in [-0.15, -0.1) is 11.3 Å². The Morgan fingerprint density at radius 1 is 1.29 bits per heavy atom. The Morgan fingerprint density at radius 3 is 2.52 bits per heavy atom. The van der Waals surface area contributed by atoms with Gasteiger partial charge < -0.3 is 15.2 Å². The number of thiazole rings is 1. The smallest absolute Gasteiger partial charge is 0.335 e. The number of aromatic nitrogens is 1. The zero-order valence-corrected chi connectivity index (χ0v) is 20.3. The molecule has 0 atom stereocenters. The molecule has 6 nitrogen and oxygen atoms in total. The average Bonchev–Trinajstić information content (AvgIpc) is 3.16. The van der Waals surface area contributed by atoms with Crippen molar-refractivity contribution in [1.82, 2.24) is 4.98 Å². The van der Waals surface area contributed by atoms with E-state index < -0.39 is 11.4 Å². The van der Waals surface area contributed by atoms with Crippen LogP contribution in [0.1, 0.15) is 81.4 Å². The first-order valence-corrected chi connectivity index (χ1v) is 11.6. The zero-order valence-electron chi connectivity index (χ0n) is 19.5. The third kappa shape index (κ3) is 4.20. The molecule has 7 heteroatoms. The molecule has 0 radical (unpaired) electrons. The highest BCUT2D eigenvalue weighted by Crippen LogP contribution is 2.49. The topological polar surface area (TPSA) is 86.0 Å². The number of oxime groups is 1. The van der Waals surface area contributed by atoms with Crippen LogP contribution in [-0.2, 0) is 17.3 Å². The second-order valence-corrected chi connectivity index (χ2v) is 10.9. The number of fused-ring (bicyclic) bond motifs is 1. The van der Waals surface area contributed by atoms with Crippen LogP contribution < -0.4 is 4.90 Å². The number of anilines is 2. The second-order valence-electron chi connectivity index (χ2n) is 9.91. The largest absolute Gasteiger partial charge is 0.478 e. The van der Waals surface area contributed by atoms with E-state index >= 15 is 0 Å². The molecule has 1 aliphatic carbocycles. The monoisotopic (exact) mass is 443 g/mol. The number of aryl methyl sites for hydroxylation is 1. The Morgan fingerprint density at radius 2 is 1.97 bits per heavy atom. The Bertz CT molecular complexity index is 1020. The van der Waals surface area contributed by atoms with Crippen LogP contribution in [0.25, 0.3) is 0 Å². The molecule has 0 saturated heterocycles. The molecule has 0 amide bonds. The summed E-state index contributed by atoms with van der Waals surface area (Å²) >= 11 is 1.69. The van der Waals surface area contributed by atoms with Crippen molar-refractivity contribution in [2.75, 3.05) is 11.4 Å². The van der Waals surface area contributed by atoms with Crippen molar-refractivity contribution < 1.29 is 15.1 Å². The number of benzene rings is 1. The summed E-state index contributed by atoms with van der Waals surface area (Å²) in [4.78, 5) is 20.1. The van der Waals surface area contributed by atoms with E-state index in [0.29, 0.717) is 24.3 Å². The normalized spacial score (nSPS) is 18.3. The molecule has 1 aromatic carbocycles. The Balaban J connectivity index is 2.17. The molecule has 0 bridgehead atoms. The summed E-state index contributed by atoms with van der Waals surface area (Å²) in [7, 11) is 0. The molecule has 2 N–H and O–H groups in total. The van der Waals surface area contributed by atoms with Crippen LogP contribution in [0.2, 0.25) is 0 Å². The Hall–Kier alpha value is -2.41. The van der Waals surface area contributed by atoms with Crippen LogP contribution in [0.15, 0.2) is 23.4 Å². The third-order valence-electron chi connectivity index (χ3n) is 6.06. The molecule has 1 aromatic heterocycles. The van der Waals surface area contributed by atoms with Gasteiger partial charge in [-0.05, 0) is 56.4 Å². The fraction of sp³-hybridized carbons (Fsp3) is 0.542. The number of rotatable bonds is 6. The lowest BCUT2D eigenvalue weighted by Crippen LogP contribution is -2.41. The molecule has 0 unspecified atom stereocenters. The van der Waals surface area contributed by atoms with Gasteiger partial charge in [0.15, 0.2) is 5.13 Å². The first kappa shape index (κ1) is 23.3. The van der Waals surface area contributed by atoms with Crippen LogP contribution in [0, 0.1) is 5.92 Å². The number of nitrogens with zero attached hydrogens (tertiary/aromatic N) is 3. The minimum absolute atomic E-state index is 0.173. The molecule has 168 valence electrons. The first-order chi connectivity index (χ1) is 14.4. The van der Waals surface area contributed by atoms with Crippen molar-refractivity contribution in [2.45, 2.75) is 72.1 Å². The van der Waals surface area contributed by atoms with Crippen molar-refractivity contribution in [3.63, 3.8) is 0 Å². The Labute approximate surface area is 188 Å². The fourth-order valence-electron chi connectivity index (χ4n) is 4.23. The summed E-state index contributed by atoms with van der Waals surface area (Å²) in [6, 6.07) is 5.55. The van der Waals surface area contributed by atoms with Gasteiger partial charge in [0.05, 0.1) is 17.0 Å². The number of hydrogen-bond donors (Lipinski definition) is 2. The summed E-state index contributed by atoms with van der Waals surface area (Å²) < 4.78 is 0. The number of carbonyl (C=O) groups is 1. The third-order valence-corrected chi connectivity index (χ3v) is 7.51. The van der Waals surface area contributed by atoms with Crippen molar-refractivity contribution in [1.29, 1.82) is 0 Å². The van der Waals surface area contributed by atoms with E-state index in [-0.39, 0.29) is 5.41 Å². The van der Waals surface area contributed by atoms with Gasteiger partial charge >= 0.3 is 5.97 Å². The van der Waals surface area contributed by atoms with Crippen molar-refractivity contribution in [3.8, 4) is 0 Å². The van der Waals surface area contributed by atoms with E-state index in [2.05, 4.69) is 51.6 Å². The minimum Gasteiger partial charge on any atom is -0.478 e. The molecule has 1 heterocycles. The molecule has 0 fully saturated rings. The van der Waals surface area contributed by atoms with Gasteiger partial charge in [0.25, 0.3) is 0 Å². The van der Waals surface area contributed by atoms with Crippen molar-refractivity contribution in [3.05, 3.63) is 39.9 Å². The maximum Gasteiger partial charge on any atom is 0.335 e. The van der Waals surface area contributed by atoms with Crippen LogP contribution in [0.5, 0.6) is 0 Å². The predicted octanol–water partition coefficient (Wildman–Crippen LogP) is 5.99. The lowest BCUT2D eigenvalue weighted by atomic mass is 9.67. The van der Waals surface area contributed by atoms with E-state index in [4.69, 9.17) is 4.98 Å². The molecular formula is C24H33N3O3S. The summed E-state index contributed by atoms with van der Waals surface area (Å²) in [5.74, 6) is -0.511. The predicted molar refractivity (Wildman–Crippen MR) is 127 cm³/mol. The maximum atomic E-state index is 11.6. The summed E-state index contributed by atoms with van der Waals surface area (Å²) in [5, 5.41) is 23.6. The van der Waals surface area contributed by atoms with Gasteiger partial charge in [-0.3, -0.25) is 0 Å². The fourth-order valence-corrected chi connectivity index (χ4v) is 5.59. The van der Waals surface area contributed by atoms with Gasteiger partial charge in [0, 0.05) is 27.9 Å². The van der Waals surface area contributed by atoms with Gasteiger partial charge in [-0.1, -0.05) is 39.8 Å². The van der Waals surface area contributed by atoms with E-state index in [9.17, 15) is 15.1 Å².